The van der Waals surface area contributed by atoms with E-state index < -0.39 is 10.0 Å². The molecule has 1 aliphatic rings. The predicted molar refractivity (Wildman–Crippen MR) is 75.9 cm³/mol. The van der Waals surface area contributed by atoms with E-state index in [4.69, 9.17) is 4.74 Å². The fourth-order valence-corrected chi connectivity index (χ4v) is 4.27. The maximum atomic E-state index is 12.7. The summed E-state index contributed by atoms with van der Waals surface area (Å²) < 4.78 is 32.3. The summed E-state index contributed by atoms with van der Waals surface area (Å²) in [5.41, 5.74) is 1.28. The first-order valence-electron chi connectivity index (χ1n) is 6.68. The van der Waals surface area contributed by atoms with Crippen LogP contribution in [0.2, 0.25) is 0 Å². The number of ether oxygens (including phenoxy) is 1. The number of likely N-dealkylation sites (N-methyl/N-ethyl adjacent to an activating group) is 1. The molecule has 0 radical (unpaired) electrons. The zero-order valence-corrected chi connectivity index (χ0v) is 12.9. The van der Waals surface area contributed by atoms with Crippen LogP contribution in [0, 0.1) is 6.92 Å². The van der Waals surface area contributed by atoms with Gasteiger partial charge in [-0.25, -0.2) is 8.42 Å². The highest BCUT2D eigenvalue weighted by molar-refractivity contribution is 7.89. The van der Waals surface area contributed by atoms with Crippen LogP contribution in [0.15, 0.2) is 23.1 Å². The van der Waals surface area contributed by atoms with Crippen LogP contribution in [0.3, 0.4) is 0 Å². The van der Waals surface area contributed by atoms with Crippen molar-refractivity contribution in [3.63, 3.8) is 0 Å². The molecule has 5 nitrogen and oxygen atoms in total. The lowest BCUT2D eigenvalue weighted by molar-refractivity contribution is 0.102. The Bertz CT molecular complexity index is 585. The third-order valence-electron chi connectivity index (χ3n) is 3.90. The third-order valence-corrected chi connectivity index (χ3v) is 5.92. The number of rotatable bonds is 4. The summed E-state index contributed by atoms with van der Waals surface area (Å²) in [6, 6.07) is 4.86. The zero-order chi connectivity index (χ0) is 14.9. The lowest BCUT2D eigenvalue weighted by atomic mass is 10.2. The van der Waals surface area contributed by atoms with E-state index in [2.05, 4.69) is 0 Å². The molecular formula is C14H21NO4S. The Balaban J connectivity index is 2.39. The largest absolute Gasteiger partial charge is 0.392 e. The lowest BCUT2D eigenvalue weighted by Gasteiger charge is -2.26. The molecule has 0 aromatic heterocycles. The van der Waals surface area contributed by atoms with E-state index in [0.29, 0.717) is 24.2 Å². The Kier molecular flexibility index (Phi) is 4.49. The van der Waals surface area contributed by atoms with Crippen LogP contribution < -0.4 is 0 Å². The fourth-order valence-electron chi connectivity index (χ4n) is 2.55. The number of hydrogen-bond donors (Lipinski definition) is 1. The number of aliphatic hydroxyl groups excluding tert-OH is 1. The minimum absolute atomic E-state index is 0.101. The molecule has 1 N–H and O–H groups in total. The maximum Gasteiger partial charge on any atom is 0.243 e. The van der Waals surface area contributed by atoms with Gasteiger partial charge in [-0.05, 0) is 37.5 Å². The number of aliphatic hydroxyl groups is 1. The van der Waals surface area contributed by atoms with Crippen molar-refractivity contribution >= 4 is 10.0 Å². The molecule has 6 heteroatoms. The van der Waals surface area contributed by atoms with Gasteiger partial charge in [0.2, 0.25) is 10.0 Å². The molecule has 2 unspecified atom stereocenters. The van der Waals surface area contributed by atoms with Crippen molar-refractivity contribution in [2.24, 2.45) is 0 Å². The Morgan fingerprint density at radius 1 is 1.45 bits per heavy atom. The molecule has 112 valence electrons. The van der Waals surface area contributed by atoms with Crippen LogP contribution in [0.5, 0.6) is 0 Å². The average molecular weight is 299 g/mol. The molecule has 2 atom stereocenters. The summed E-state index contributed by atoms with van der Waals surface area (Å²) >= 11 is 0. The van der Waals surface area contributed by atoms with Gasteiger partial charge in [-0.2, -0.15) is 4.31 Å². The van der Waals surface area contributed by atoms with Gasteiger partial charge in [-0.15, -0.1) is 0 Å². The number of nitrogens with zero attached hydrogens (tertiary/aromatic N) is 1. The Morgan fingerprint density at radius 2 is 2.15 bits per heavy atom. The Morgan fingerprint density at radius 3 is 2.70 bits per heavy atom. The summed E-state index contributed by atoms with van der Waals surface area (Å²) in [7, 11) is -1.98. The standard InChI is InChI=1S/C14H21NO4S/c1-10-4-5-12(9-16)8-14(10)20(17,18)15(3)13-6-7-19-11(13)2/h4-5,8,11,13,16H,6-7,9H2,1-3H3. The van der Waals surface area contributed by atoms with Gasteiger partial charge in [-0.1, -0.05) is 12.1 Å². The summed E-state index contributed by atoms with van der Waals surface area (Å²) in [5.74, 6) is 0. The Labute approximate surface area is 120 Å². The number of sulfonamides is 1. The lowest BCUT2D eigenvalue weighted by Crippen LogP contribution is -2.41. The van der Waals surface area contributed by atoms with E-state index >= 15 is 0 Å². The smallest absolute Gasteiger partial charge is 0.243 e. The molecule has 1 aromatic rings. The molecule has 20 heavy (non-hydrogen) atoms. The molecule has 1 fully saturated rings. The minimum atomic E-state index is -3.58. The highest BCUT2D eigenvalue weighted by atomic mass is 32.2. The molecule has 1 heterocycles. The first kappa shape index (κ1) is 15.4. The molecular weight excluding hydrogens is 278 g/mol. The number of hydrogen-bond acceptors (Lipinski definition) is 4. The molecule has 2 rings (SSSR count). The normalized spacial score (nSPS) is 23.4. The zero-order valence-electron chi connectivity index (χ0n) is 12.0. The van der Waals surface area contributed by atoms with Gasteiger partial charge in [0, 0.05) is 13.7 Å². The number of benzene rings is 1. The van der Waals surface area contributed by atoms with E-state index in [1.54, 1.807) is 32.2 Å². The van der Waals surface area contributed by atoms with E-state index in [9.17, 15) is 13.5 Å². The molecule has 0 bridgehead atoms. The maximum absolute atomic E-state index is 12.7. The first-order valence-corrected chi connectivity index (χ1v) is 8.12. The van der Waals surface area contributed by atoms with Crippen molar-refractivity contribution in [1.82, 2.24) is 4.31 Å². The highest BCUT2D eigenvalue weighted by Gasteiger charge is 2.35. The summed E-state index contributed by atoms with van der Waals surface area (Å²) in [5, 5.41) is 9.18. The summed E-state index contributed by atoms with van der Waals surface area (Å²) in [4.78, 5) is 0.255. The molecule has 1 saturated heterocycles. The van der Waals surface area contributed by atoms with Crippen molar-refractivity contribution < 1.29 is 18.3 Å². The van der Waals surface area contributed by atoms with Crippen LogP contribution in [-0.2, 0) is 21.4 Å². The Hall–Kier alpha value is -0.950. The van der Waals surface area contributed by atoms with Gasteiger partial charge in [0.15, 0.2) is 0 Å². The summed E-state index contributed by atoms with van der Waals surface area (Å²) in [6.07, 6.45) is 0.603. The molecule has 0 spiro atoms. The third kappa shape index (κ3) is 2.74. The van der Waals surface area contributed by atoms with Gasteiger partial charge in [0.25, 0.3) is 0 Å². The van der Waals surface area contributed by atoms with Crippen molar-refractivity contribution in [2.75, 3.05) is 13.7 Å². The first-order chi connectivity index (χ1) is 9.37. The van der Waals surface area contributed by atoms with Crippen molar-refractivity contribution in [3.8, 4) is 0 Å². The molecule has 1 aromatic carbocycles. The average Bonchev–Trinajstić information content (AvgIpc) is 2.84. The predicted octanol–water partition coefficient (Wildman–Crippen LogP) is 1.29. The van der Waals surface area contributed by atoms with Gasteiger partial charge < -0.3 is 9.84 Å². The van der Waals surface area contributed by atoms with Crippen molar-refractivity contribution in [2.45, 2.75) is 43.9 Å². The van der Waals surface area contributed by atoms with E-state index in [0.717, 1.165) is 0 Å². The van der Waals surface area contributed by atoms with E-state index in [1.165, 1.54) is 4.31 Å². The van der Waals surface area contributed by atoms with Gasteiger partial charge in [0.1, 0.15) is 0 Å². The van der Waals surface area contributed by atoms with E-state index in [1.807, 2.05) is 6.92 Å². The van der Waals surface area contributed by atoms with Crippen LogP contribution in [0.25, 0.3) is 0 Å². The monoisotopic (exact) mass is 299 g/mol. The number of aryl methyl sites for hydroxylation is 1. The van der Waals surface area contributed by atoms with Crippen LogP contribution in [0.1, 0.15) is 24.5 Å². The van der Waals surface area contributed by atoms with Crippen LogP contribution in [-0.4, -0.2) is 43.6 Å². The minimum Gasteiger partial charge on any atom is -0.392 e. The second-order valence-corrected chi connectivity index (χ2v) is 7.18. The molecule has 0 amide bonds. The van der Waals surface area contributed by atoms with Crippen molar-refractivity contribution in [1.29, 1.82) is 0 Å². The molecule has 0 saturated carbocycles. The van der Waals surface area contributed by atoms with Crippen molar-refractivity contribution in [3.05, 3.63) is 29.3 Å². The quantitative estimate of drug-likeness (QED) is 0.909. The second-order valence-electron chi connectivity index (χ2n) is 5.21. The summed E-state index contributed by atoms with van der Waals surface area (Å²) in [6.45, 7) is 4.06. The van der Waals surface area contributed by atoms with Gasteiger partial charge in [0.05, 0.1) is 23.6 Å². The molecule has 1 aliphatic heterocycles. The molecule has 0 aliphatic carbocycles. The fraction of sp³-hybridized carbons (Fsp3) is 0.571. The second kappa shape index (κ2) is 5.81. The SMILES string of the molecule is Cc1ccc(CO)cc1S(=O)(=O)N(C)C1CCOC1C. The van der Waals surface area contributed by atoms with Crippen LogP contribution >= 0.6 is 0 Å². The van der Waals surface area contributed by atoms with Gasteiger partial charge >= 0.3 is 0 Å². The van der Waals surface area contributed by atoms with E-state index in [-0.39, 0.29) is 23.6 Å². The highest BCUT2D eigenvalue weighted by Crippen LogP contribution is 2.27. The van der Waals surface area contributed by atoms with Crippen LogP contribution in [0.4, 0.5) is 0 Å². The topological polar surface area (TPSA) is 66.8 Å². The van der Waals surface area contributed by atoms with Gasteiger partial charge in [-0.3, -0.25) is 0 Å².